The summed E-state index contributed by atoms with van der Waals surface area (Å²) in [4.78, 5) is 21.0. The van der Waals surface area contributed by atoms with Gasteiger partial charge < -0.3 is 20.1 Å². The van der Waals surface area contributed by atoms with Crippen LogP contribution in [0.25, 0.3) is 0 Å². The lowest BCUT2D eigenvalue weighted by Crippen LogP contribution is -2.22. The first-order valence-corrected chi connectivity index (χ1v) is 4.82. The van der Waals surface area contributed by atoms with E-state index in [4.69, 9.17) is 14.9 Å². The van der Waals surface area contributed by atoms with Crippen molar-refractivity contribution in [3.63, 3.8) is 0 Å². The highest BCUT2D eigenvalue weighted by Gasteiger charge is 2.16. The summed E-state index contributed by atoms with van der Waals surface area (Å²) in [6.45, 7) is 1.38. The van der Waals surface area contributed by atoms with E-state index in [0.29, 0.717) is 5.75 Å². The number of rotatable bonds is 5. The molecule has 0 radical (unpaired) electrons. The van der Waals surface area contributed by atoms with Gasteiger partial charge in [-0.2, -0.15) is 0 Å². The molecule has 0 fully saturated rings. The van der Waals surface area contributed by atoms with Crippen LogP contribution in [0, 0.1) is 0 Å². The predicted octanol–water partition coefficient (Wildman–Crippen LogP) is 0.656. The molecule has 92 valence electrons. The predicted molar refractivity (Wildman–Crippen MR) is 56.8 cm³/mol. The van der Waals surface area contributed by atoms with Gasteiger partial charge >= 0.3 is 11.9 Å². The molecule has 1 aromatic carbocycles. The highest BCUT2D eigenvalue weighted by molar-refractivity contribution is 5.74. The van der Waals surface area contributed by atoms with Crippen LogP contribution in [-0.4, -0.2) is 33.4 Å². The standard InChI is InChI=1S/C11H12O6/c1-6(10(13)14)17-8-4-2-7(3-5-8)9(12)11(15)16/h2-6,9,12H,1H3,(H,13,14)(H,15,16)/t6?,9-/m1/s1. The lowest BCUT2D eigenvalue weighted by molar-refractivity contribution is -0.147. The third-order valence-corrected chi connectivity index (χ3v) is 2.09. The minimum absolute atomic E-state index is 0.202. The van der Waals surface area contributed by atoms with Crippen molar-refractivity contribution in [3.8, 4) is 5.75 Å². The summed E-state index contributed by atoms with van der Waals surface area (Å²) in [7, 11) is 0. The Morgan fingerprint density at radius 3 is 2.06 bits per heavy atom. The quantitative estimate of drug-likeness (QED) is 0.698. The van der Waals surface area contributed by atoms with Crippen LogP contribution in [-0.2, 0) is 9.59 Å². The van der Waals surface area contributed by atoms with Gasteiger partial charge in [-0.1, -0.05) is 12.1 Å². The van der Waals surface area contributed by atoms with Gasteiger partial charge in [0, 0.05) is 0 Å². The molecule has 0 aliphatic carbocycles. The van der Waals surface area contributed by atoms with Crippen molar-refractivity contribution in [3.05, 3.63) is 29.8 Å². The molecule has 1 aromatic rings. The van der Waals surface area contributed by atoms with Crippen molar-refractivity contribution >= 4 is 11.9 Å². The monoisotopic (exact) mass is 240 g/mol. The second-order valence-electron chi connectivity index (χ2n) is 3.41. The Morgan fingerprint density at radius 1 is 1.12 bits per heavy atom. The van der Waals surface area contributed by atoms with Gasteiger partial charge in [0.2, 0.25) is 0 Å². The Hall–Kier alpha value is -2.08. The van der Waals surface area contributed by atoms with Crippen molar-refractivity contribution in [2.24, 2.45) is 0 Å². The maximum absolute atomic E-state index is 10.5. The zero-order valence-corrected chi connectivity index (χ0v) is 9.03. The van der Waals surface area contributed by atoms with Gasteiger partial charge in [-0.3, -0.25) is 0 Å². The Morgan fingerprint density at radius 2 is 1.65 bits per heavy atom. The molecule has 1 unspecified atom stereocenters. The maximum atomic E-state index is 10.5. The molecule has 0 bridgehead atoms. The minimum atomic E-state index is -1.60. The van der Waals surface area contributed by atoms with E-state index in [-0.39, 0.29) is 5.56 Å². The summed E-state index contributed by atoms with van der Waals surface area (Å²) in [5.74, 6) is -2.15. The summed E-state index contributed by atoms with van der Waals surface area (Å²) in [6, 6.07) is 5.53. The van der Waals surface area contributed by atoms with Gasteiger partial charge in [-0.25, -0.2) is 9.59 Å². The van der Waals surface area contributed by atoms with Gasteiger partial charge in [-0.15, -0.1) is 0 Å². The van der Waals surface area contributed by atoms with E-state index in [1.165, 1.54) is 31.2 Å². The van der Waals surface area contributed by atoms with E-state index in [1.54, 1.807) is 0 Å². The first-order chi connectivity index (χ1) is 7.91. The molecule has 0 amide bonds. The van der Waals surface area contributed by atoms with E-state index < -0.39 is 24.1 Å². The van der Waals surface area contributed by atoms with Crippen molar-refractivity contribution in [2.75, 3.05) is 0 Å². The minimum Gasteiger partial charge on any atom is -0.479 e. The van der Waals surface area contributed by atoms with E-state index in [9.17, 15) is 14.7 Å². The Bertz CT molecular complexity index is 410. The molecule has 0 aliphatic heterocycles. The van der Waals surface area contributed by atoms with Gasteiger partial charge in [0.15, 0.2) is 12.2 Å². The number of carbonyl (C=O) groups is 2. The number of aliphatic hydroxyl groups is 1. The third kappa shape index (κ3) is 3.46. The van der Waals surface area contributed by atoms with Crippen LogP contribution in [0.5, 0.6) is 5.75 Å². The summed E-state index contributed by atoms with van der Waals surface area (Å²) in [5, 5.41) is 26.4. The van der Waals surface area contributed by atoms with Gasteiger partial charge in [0.25, 0.3) is 0 Å². The molecule has 0 saturated heterocycles. The Labute approximate surface area is 97.1 Å². The first kappa shape index (κ1) is 13.0. The second kappa shape index (κ2) is 5.31. The number of carboxylic acid groups (broad SMARTS) is 2. The van der Waals surface area contributed by atoms with E-state index >= 15 is 0 Å². The van der Waals surface area contributed by atoms with Crippen LogP contribution in [0.2, 0.25) is 0 Å². The summed E-state index contributed by atoms with van der Waals surface area (Å²) < 4.78 is 5.04. The van der Waals surface area contributed by atoms with Crippen LogP contribution in [0.1, 0.15) is 18.6 Å². The van der Waals surface area contributed by atoms with Gasteiger partial charge in [0.05, 0.1) is 0 Å². The number of benzene rings is 1. The summed E-state index contributed by atoms with van der Waals surface area (Å²) in [6.07, 6.45) is -2.59. The lowest BCUT2D eigenvalue weighted by atomic mass is 10.1. The number of ether oxygens (including phenoxy) is 1. The average Bonchev–Trinajstić information content (AvgIpc) is 2.28. The Balaban J connectivity index is 2.75. The zero-order valence-electron chi connectivity index (χ0n) is 9.03. The van der Waals surface area contributed by atoms with Gasteiger partial charge in [-0.05, 0) is 24.6 Å². The highest BCUT2D eigenvalue weighted by Crippen LogP contribution is 2.18. The molecule has 1 rings (SSSR count). The SMILES string of the molecule is CC(Oc1ccc([C@@H](O)C(=O)O)cc1)C(=O)O. The van der Waals surface area contributed by atoms with Crippen LogP contribution >= 0.6 is 0 Å². The molecule has 0 spiro atoms. The molecule has 17 heavy (non-hydrogen) atoms. The van der Waals surface area contributed by atoms with E-state index in [1.807, 2.05) is 0 Å². The zero-order chi connectivity index (χ0) is 13.0. The van der Waals surface area contributed by atoms with Crippen molar-refractivity contribution in [1.29, 1.82) is 0 Å². The van der Waals surface area contributed by atoms with Crippen molar-refractivity contribution in [2.45, 2.75) is 19.1 Å². The normalized spacial score (nSPS) is 13.8. The topological polar surface area (TPSA) is 104 Å². The number of hydrogen-bond donors (Lipinski definition) is 3. The molecule has 2 atom stereocenters. The number of hydrogen-bond acceptors (Lipinski definition) is 4. The maximum Gasteiger partial charge on any atom is 0.344 e. The molecular formula is C11H12O6. The number of carboxylic acids is 2. The number of aliphatic hydroxyl groups excluding tert-OH is 1. The van der Waals surface area contributed by atoms with E-state index in [2.05, 4.69) is 0 Å². The Kier molecular flexibility index (Phi) is 4.06. The van der Waals surface area contributed by atoms with Crippen LogP contribution in [0.3, 0.4) is 0 Å². The van der Waals surface area contributed by atoms with Crippen LogP contribution in [0.4, 0.5) is 0 Å². The molecular weight excluding hydrogens is 228 g/mol. The molecule has 3 N–H and O–H groups in total. The lowest BCUT2D eigenvalue weighted by Gasteiger charge is -2.11. The highest BCUT2D eigenvalue weighted by atomic mass is 16.5. The summed E-state index contributed by atoms with van der Waals surface area (Å²) in [5.41, 5.74) is 0.202. The van der Waals surface area contributed by atoms with Crippen molar-refractivity contribution < 1.29 is 29.6 Å². The van der Waals surface area contributed by atoms with Crippen molar-refractivity contribution in [1.82, 2.24) is 0 Å². The largest absolute Gasteiger partial charge is 0.479 e. The molecule has 6 heteroatoms. The van der Waals surface area contributed by atoms with E-state index in [0.717, 1.165) is 0 Å². The second-order valence-corrected chi connectivity index (χ2v) is 3.41. The molecule has 0 aromatic heterocycles. The van der Waals surface area contributed by atoms with Crippen LogP contribution in [0.15, 0.2) is 24.3 Å². The van der Waals surface area contributed by atoms with Crippen LogP contribution < -0.4 is 4.74 Å². The fourth-order valence-electron chi connectivity index (χ4n) is 1.13. The molecule has 0 heterocycles. The van der Waals surface area contributed by atoms with Gasteiger partial charge in [0.1, 0.15) is 5.75 Å². The average molecular weight is 240 g/mol. The smallest absolute Gasteiger partial charge is 0.344 e. The molecule has 0 aliphatic rings. The molecule has 6 nitrogen and oxygen atoms in total. The molecule has 0 saturated carbocycles. The summed E-state index contributed by atoms with van der Waals surface area (Å²) >= 11 is 0. The fraction of sp³-hybridized carbons (Fsp3) is 0.273. The first-order valence-electron chi connectivity index (χ1n) is 4.82. The number of aliphatic carboxylic acids is 2. The third-order valence-electron chi connectivity index (χ3n) is 2.09. The fourth-order valence-corrected chi connectivity index (χ4v) is 1.13.